The van der Waals surface area contributed by atoms with E-state index in [0.717, 1.165) is 18.6 Å². The van der Waals surface area contributed by atoms with Crippen LogP contribution < -0.4 is 5.32 Å². The van der Waals surface area contributed by atoms with Gasteiger partial charge in [0.2, 0.25) is 0 Å². The van der Waals surface area contributed by atoms with Crippen LogP contribution >= 0.6 is 11.8 Å². The largest absolute Gasteiger partial charge is 0.306 e. The Bertz CT molecular complexity index is 136. The van der Waals surface area contributed by atoms with Crippen molar-refractivity contribution < 1.29 is 4.79 Å². The molecule has 0 spiro atoms. The topological polar surface area (TPSA) is 29.1 Å². The molecule has 0 radical (unpaired) electrons. The van der Waals surface area contributed by atoms with Gasteiger partial charge in [-0.3, -0.25) is 0 Å². The number of thioether (sulfide) groups is 1. The minimum absolute atomic E-state index is 0.0336. The number of aldehydes is 1. The summed E-state index contributed by atoms with van der Waals surface area (Å²) < 4.78 is 0.0833. The normalized spacial score (nSPS) is 31.6. The van der Waals surface area contributed by atoms with Crippen LogP contribution in [0.15, 0.2) is 0 Å². The molecule has 0 aromatic rings. The Morgan fingerprint density at radius 1 is 1.70 bits per heavy atom. The summed E-state index contributed by atoms with van der Waals surface area (Å²) in [5, 5.41) is 3.17. The van der Waals surface area contributed by atoms with Crippen molar-refractivity contribution in [3.63, 3.8) is 0 Å². The summed E-state index contributed by atoms with van der Waals surface area (Å²) >= 11 is 1.86. The highest BCUT2D eigenvalue weighted by molar-refractivity contribution is 8.00. The van der Waals surface area contributed by atoms with Crippen molar-refractivity contribution in [2.45, 2.75) is 24.6 Å². The van der Waals surface area contributed by atoms with Crippen molar-refractivity contribution in [2.24, 2.45) is 0 Å². The lowest BCUT2D eigenvalue weighted by Gasteiger charge is -2.35. The molecule has 2 nitrogen and oxygen atoms in total. The average Bonchev–Trinajstić information content (AvgIpc) is 1.87. The standard InChI is InChI=1S/C7H13NOS/c1-7(2)6(5-9)8-3-4-10-7/h5-6,8H,3-4H2,1-2H3. The zero-order chi connectivity index (χ0) is 7.61. The van der Waals surface area contributed by atoms with E-state index in [-0.39, 0.29) is 10.8 Å². The quantitative estimate of drug-likeness (QED) is 0.570. The molecule has 1 atom stereocenters. The second-order valence-corrected chi connectivity index (χ2v) is 4.77. The molecule has 1 aliphatic rings. The highest BCUT2D eigenvalue weighted by Crippen LogP contribution is 2.29. The molecular formula is C7H13NOS. The molecule has 1 fully saturated rings. The number of hydrogen-bond donors (Lipinski definition) is 1. The Balaban J connectivity index is 2.59. The summed E-state index contributed by atoms with van der Waals surface area (Å²) in [6, 6.07) is 0.0336. The zero-order valence-electron chi connectivity index (χ0n) is 6.39. The first-order valence-corrected chi connectivity index (χ1v) is 4.48. The summed E-state index contributed by atoms with van der Waals surface area (Å²) in [5.41, 5.74) is 0. The number of carbonyl (C=O) groups excluding carboxylic acids is 1. The zero-order valence-corrected chi connectivity index (χ0v) is 7.20. The van der Waals surface area contributed by atoms with Gasteiger partial charge in [0.05, 0.1) is 6.04 Å². The molecule has 58 valence electrons. The fraction of sp³-hybridized carbons (Fsp3) is 0.857. The molecule has 0 aromatic heterocycles. The molecule has 1 saturated heterocycles. The second kappa shape index (κ2) is 2.93. The first kappa shape index (κ1) is 8.08. The van der Waals surface area contributed by atoms with Crippen LogP contribution in [0.4, 0.5) is 0 Å². The predicted molar refractivity (Wildman–Crippen MR) is 44.4 cm³/mol. The van der Waals surface area contributed by atoms with E-state index in [0.29, 0.717) is 0 Å². The van der Waals surface area contributed by atoms with Crippen LogP contribution in [0, 0.1) is 0 Å². The van der Waals surface area contributed by atoms with Gasteiger partial charge in [-0.15, -0.1) is 0 Å². The smallest absolute Gasteiger partial charge is 0.138 e. The van der Waals surface area contributed by atoms with Crippen molar-refractivity contribution >= 4 is 18.0 Å². The molecular weight excluding hydrogens is 146 g/mol. The Morgan fingerprint density at radius 3 is 2.80 bits per heavy atom. The first-order valence-electron chi connectivity index (χ1n) is 3.49. The van der Waals surface area contributed by atoms with Gasteiger partial charge in [0.25, 0.3) is 0 Å². The fourth-order valence-corrected chi connectivity index (χ4v) is 2.14. The van der Waals surface area contributed by atoms with E-state index in [2.05, 4.69) is 19.2 Å². The number of hydrogen-bond acceptors (Lipinski definition) is 3. The minimum Gasteiger partial charge on any atom is -0.306 e. The molecule has 10 heavy (non-hydrogen) atoms. The van der Waals surface area contributed by atoms with Crippen LogP contribution in [0.2, 0.25) is 0 Å². The van der Waals surface area contributed by atoms with Crippen LogP contribution in [0.25, 0.3) is 0 Å². The highest BCUT2D eigenvalue weighted by Gasteiger charge is 2.31. The maximum Gasteiger partial charge on any atom is 0.138 e. The molecule has 0 aliphatic carbocycles. The van der Waals surface area contributed by atoms with E-state index in [4.69, 9.17) is 0 Å². The Kier molecular flexibility index (Phi) is 2.36. The molecule has 3 heteroatoms. The molecule has 0 amide bonds. The summed E-state index contributed by atoms with van der Waals surface area (Å²) in [5.74, 6) is 1.11. The Labute approximate surface area is 65.8 Å². The Morgan fingerprint density at radius 2 is 2.40 bits per heavy atom. The summed E-state index contributed by atoms with van der Waals surface area (Å²) in [6.45, 7) is 5.16. The van der Waals surface area contributed by atoms with Crippen molar-refractivity contribution in [3.05, 3.63) is 0 Å². The van der Waals surface area contributed by atoms with E-state index >= 15 is 0 Å². The summed E-state index contributed by atoms with van der Waals surface area (Å²) in [6.07, 6.45) is 1.01. The molecule has 1 rings (SSSR count). The van der Waals surface area contributed by atoms with Crippen molar-refractivity contribution in [1.82, 2.24) is 5.32 Å². The molecule has 0 saturated carbocycles. The van der Waals surface area contributed by atoms with E-state index < -0.39 is 0 Å². The summed E-state index contributed by atoms with van der Waals surface area (Å²) in [4.78, 5) is 10.5. The van der Waals surface area contributed by atoms with E-state index in [9.17, 15) is 4.79 Å². The molecule has 1 unspecified atom stereocenters. The van der Waals surface area contributed by atoms with Crippen molar-refractivity contribution in [1.29, 1.82) is 0 Å². The van der Waals surface area contributed by atoms with Crippen LogP contribution in [-0.2, 0) is 4.79 Å². The van der Waals surface area contributed by atoms with E-state index in [1.165, 1.54) is 0 Å². The van der Waals surface area contributed by atoms with Gasteiger partial charge in [0.1, 0.15) is 6.29 Å². The lowest BCUT2D eigenvalue weighted by atomic mass is 10.0. The van der Waals surface area contributed by atoms with E-state index in [1.54, 1.807) is 0 Å². The second-order valence-electron chi connectivity index (χ2n) is 3.02. The third-order valence-corrected chi connectivity index (χ3v) is 3.23. The highest BCUT2D eigenvalue weighted by atomic mass is 32.2. The molecule has 0 aromatic carbocycles. The molecule has 1 N–H and O–H groups in total. The van der Waals surface area contributed by atoms with Gasteiger partial charge in [-0.1, -0.05) is 0 Å². The van der Waals surface area contributed by atoms with E-state index in [1.807, 2.05) is 11.8 Å². The SMILES string of the molecule is CC1(C)SCCNC1C=O. The fourth-order valence-electron chi connectivity index (χ4n) is 1.08. The first-order chi connectivity index (χ1) is 4.67. The molecule has 1 aliphatic heterocycles. The number of carbonyl (C=O) groups is 1. The van der Waals surface area contributed by atoms with Gasteiger partial charge >= 0.3 is 0 Å². The third-order valence-electron chi connectivity index (χ3n) is 1.83. The maximum atomic E-state index is 10.5. The number of rotatable bonds is 1. The van der Waals surface area contributed by atoms with Crippen LogP contribution in [0.5, 0.6) is 0 Å². The molecule has 1 heterocycles. The number of nitrogens with one attached hydrogen (secondary N) is 1. The summed E-state index contributed by atoms with van der Waals surface area (Å²) in [7, 11) is 0. The predicted octanol–water partition coefficient (Wildman–Crippen LogP) is 0.669. The van der Waals surface area contributed by atoms with Gasteiger partial charge in [0.15, 0.2) is 0 Å². The van der Waals surface area contributed by atoms with Crippen LogP contribution in [-0.4, -0.2) is 29.4 Å². The maximum absolute atomic E-state index is 10.5. The third kappa shape index (κ3) is 1.52. The van der Waals surface area contributed by atoms with Crippen molar-refractivity contribution in [3.8, 4) is 0 Å². The van der Waals surface area contributed by atoms with Gasteiger partial charge in [-0.25, -0.2) is 0 Å². The Hall–Kier alpha value is -0.0200. The monoisotopic (exact) mass is 159 g/mol. The van der Waals surface area contributed by atoms with Crippen LogP contribution in [0.3, 0.4) is 0 Å². The average molecular weight is 159 g/mol. The minimum atomic E-state index is 0.0336. The van der Waals surface area contributed by atoms with Gasteiger partial charge in [-0.05, 0) is 13.8 Å². The van der Waals surface area contributed by atoms with Crippen LogP contribution in [0.1, 0.15) is 13.8 Å². The van der Waals surface area contributed by atoms with Crippen molar-refractivity contribution in [2.75, 3.05) is 12.3 Å². The van der Waals surface area contributed by atoms with Gasteiger partial charge in [0, 0.05) is 17.0 Å². The van der Waals surface area contributed by atoms with Gasteiger partial charge in [-0.2, -0.15) is 11.8 Å². The van der Waals surface area contributed by atoms with Gasteiger partial charge < -0.3 is 10.1 Å². The molecule has 0 bridgehead atoms. The lowest BCUT2D eigenvalue weighted by Crippen LogP contribution is -2.50. The lowest BCUT2D eigenvalue weighted by molar-refractivity contribution is -0.110.